The third-order valence-corrected chi connectivity index (χ3v) is 6.08. The van der Waals surface area contributed by atoms with Crippen LogP contribution in [0.15, 0.2) is 41.5 Å². The largest absolute Gasteiger partial charge is 0.490 e. The van der Waals surface area contributed by atoms with Crippen LogP contribution < -0.4 is 14.9 Å². The number of rotatable bonds is 16. The van der Waals surface area contributed by atoms with Crippen LogP contribution in [0.1, 0.15) is 94.0 Å². The number of hydrogen-bond donors (Lipinski definition) is 1. The van der Waals surface area contributed by atoms with Gasteiger partial charge in [-0.2, -0.15) is 5.10 Å². The third-order valence-electron chi connectivity index (χ3n) is 5.53. The van der Waals surface area contributed by atoms with Crippen LogP contribution in [0.5, 0.6) is 11.5 Å². The van der Waals surface area contributed by atoms with Gasteiger partial charge in [-0.3, -0.25) is 4.79 Å². The van der Waals surface area contributed by atoms with Gasteiger partial charge in [0.25, 0.3) is 0 Å². The van der Waals surface area contributed by atoms with Gasteiger partial charge in [-0.05, 0) is 55.3 Å². The van der Waals surface area contributed by atoms with Gasteiger partial charge in [-0.1, -0.05) is 81.5 Å². The first kappa shape index (κ1) is 29.7. The zero-order chi connectivity index (χ0) is 26.2. The van der Waals surface area contributed by atoms with Crippen molar-refractivity contribution >= 4 is 41.3 Å². The first-order valence-corrected chi connectivity index (χ1v) is 13.5. The number of nitrogens with zero attached hydrogens (tertiary/aromatic N) is 1. The molecule has 196 valence electrons. The van der Waals surface area contributed by atoms with E-state index in [1.165, 1.54) is 63.3 Å². The van der Waals surface area contributed by atoms with Crippen molar-refractivity contribution in [2.24, 2.45) is 5.10 Å². The average molecular weight is 536 g/mol. The third kappa shape index (κ3) is 11.0. The molecule has 0 saturated heterocycles. The summed E-state index contributed by atoms with van der Waals surface area (Å²) in [5, 5.41) is 4.67. The monoisotopic (exact) mass is 534 g/mol. The summed E-state index contributed by atoms with van der Waals surface area (Å²) in [7, 11) is 0. The van der Waals surface area contributed by atoms with Crippen LogP contribution >= 0.6 is 23.2 Å². The number of nitrogens with one attached hydrogen (secondary N) is 1. The van der Waals surface area contributed by atoms with Crippen LogP contribution in [0.25, 0.3) is 0 Å². The predicted octanol–water partition coefficient (Wildman–Crippen LogP) is 7.98. The molecule has 2 rings (SSSR count). The molecule has 0 unspecified atom stereocenters. The smallest absolute Gasteiger partial charge is 0.345 e. The van der Waals surface area contributed by atoms with Crippen LogP contribution in [-0.2, 0) is 4.79 Å². The second-order valence-corrected chi connectivity index (χ2v) is 9.37. The quantitative estimate of drug-likeness (QED) is 0.0777. The lowest BCUT2D eigenvalue weighted by molar-refractivity contribution is -0.121. The molecule has 0 spiro atoms. The second-order valence-electron chi connectivity index (χ2n) is 8.52. The first-order chi connectivity index (χ1) is 17.4. The van der Waals surface area contributed by atoms with Crippen molar-refractivity contribution in [2.75, 3.05) is 6.61 Å². The number of unbranched alkanes of at least 4 members (excludes halogenated alkanes) is 8. The predicted molar refractivity (Wildman–Crippen MR) is 147 cm³/mol. The number of ether oxygens (including phenoxy) is 2. The van der Waals surface area contributed by atoms with Crippen molar-refractivity contribution in [2.45, 2.75) is 78.1 Å². The minimum atomic E-state index is -0.622. The molecule has 1 N–H and O–H groups in total. The highest BCUT2D eigenvalue weighted by Crippen LogP contribution is 2.30. The molecule has 0 aliphatic carbocycles. The highest BCUT2D eigenvalue weighted by molar-refractivity contribution is 6.36. The number of hydrogen-bond acceptors (Lipinski definition) is 5. The summed E-state index contributed by atoms with van der Waals surface area (Å²) in [6, 6.07) is 9.56. The maximum atomic E-state index is 12.6. The van der Waals surface area contributed by atoms with Crippen molar-refractivity contribution in [3.8, 4) is 11.5 Å². The van der Waals surface area contributed by atoms with Gasteiger partial charge in [-0.25, -0.2) is 10.2 Å². The number of benzene rings is 2. The molecule has 0 radical (unpaired) electrons. The van der Waals surface area contributed by atoms with Gasteiger partial charge in [0.2, 0.25) is 5.91 Å². The van der Waals surface area contributed by atoms with Crippen molar-refractivity contribution in [3.63, 3.8) is 0 Å². The maximum Gasteiger partial charge on any atom is 0.345 e. The maximum absolute atomic E-state index is 12.6. The van der Waals surface area contributed by atoms with Crippen LogP contribution in [0.4, 0.5) is 0 Å². The summed E-state index contributed by atoms with van der Waals surface area (Å²) in [4.78, 5) is 24.6. The molecule has 0 atom stereocenters. The van der Waals surface area contributed by atoms with Crippen molar-refractivity contribution < 1.29 is 19.1 Å². The Morgan fingerprint density at radius 2 is 1.58 bits per heavy atom. The molecule has 2 aromatic carbocycles. The molecule has 0 aromatic heterocycles. The first-order valence-electron chi connectivity index (χ1n) is 12.7. The summed E-state index contributed by atoms with van der Waals surface area (Å²) in [5.41, 5.74) is 3.45. The Bertz CT molecular complexity index is 1010. The zero-order valence-corrected chi connectivity index (χ0v) is 22.7. The molecular weight excluding hydrogens is 499 g/mol. The minimum absolute atomic E-state index is 0.107. The number of carbonyl (C=O) groups is 2. The normalized spacial score (nSPS) is 11.0. The van der Waals surface area contributed by atoms with E-state index in [9.17, 15) is 9.59 Å². The fourth-order valence-electron chi connectivity index (χ4n) is 3.60. The summed E-state index contributed by atoms with van der Waals surface area (Å²) < 4.78 is 11.1. The second kappa shape index (κ2) is 17.0. The Morgan fingerprint density at radius 1 is 0.889 bits per heavy atom. The van der Waals surface area contributed by atoms with Gasteiger partial charge in [0.15, 0.2) is 11.5 Å². The lowest BCUT2D eigenvalue weighted by atomic mass is 10.1. The van der Waals surface area contributed by atoms with E-state index in [-0.39, 0.29) is 22.2 Å². The highest BCUT2D eigenvalue weighted by Gasteiger charge is 2.16. The summed E-state index contributed by atoms with van der Waals surface area (Å²) >= 11 is 12.0. The van der Waals surface area contributed by atoms with E-state index >= 15 is 0 Å². The number of esters is 1. The van der Waals surface area contributed by atoms with Gasteiger partial charge in [0, 0.05) is 11.4 Å². The van der Waals surface area contributed by atoms with E-state index in [0.29, 0.717) is 29.4 Å². The molecule has 0 aliphatic heterocycles. The summed E-state index contributed by atoms with van der Waals surface area (Å²) in [6.07, 6.45) is 12.8. The molecule has 0 aliphatic rings. The SMILES string of the molecule is CCCCCCCCCCCC(=O)N/N=C\c1ccc(OC(=O)c2ccc(Cl)cc2Cl)c(OCC)c1. The van der Waals surface area contributed by atoms with Crippen molar-refractivity contribution in [3.05, 3.63) is 57.6 Å². The van der Waals surface area contributed by atoms with Crippen molar-refractivity contribution in [1.82, 2.24) is 5.43 Å². The van der Waals surface area contributed by atoms with E-state index in [0.717, 1.165) is 12.8 Å². The molecule has 2 aromatic rings. The number of amides is 1. The van der Waals surface area contributed by atoms with E-state index in [1.54, 1.807) is 24.3 Å². The van der Waals surface area contributed by atoms with E-state index in [1.807, 2.05) is 6.92 Å². The molecule has 0 bridgehead atoms. The van der Waals surface area contributed by atoms with Gasteiger partial charge in [-0.15, -0.1) is 0 Å². The van der Waals surface area contributed by atoms with Crippen LogP contribution in [-0.4, -0.2) is 24.7 Å². The van der Waals surface area contributed by atoms with E-state index in [4.69, 9.17) is 32.7 Å². The fraction of sp³-hybridized carbons (Fsp3) is 0.464. The zero-order valence-electron chi connectivity index (χ0n) is 21.2. The van der Waals surface area contributed by atoms with Crippen molar-refractivity contribution in [1.29, 1.82) is 0 Å². The number of carbonyl (C=O) groups excluding carboxylic acids is 2. The Labute approximate surface area is 224 Å². The average Bonchev–Trinajstić information content (AvgIpc) is 2.84. The van der Waals surface area contributed by atoms with Gasteiger partial charge in [0.05, 0.1) is 23.4 Å². The van der Waals surface area contributed by atoms with Gasteiger partial charge < -0.3 is 9.47 Å². The lowest BCUT2D eigenvalue weighted by Crippen LogP contribution is -2.16. The molecule has 8 heteroatoms. The minimum Gasteiger partial charge on any atom is -0.490 e. The van der Waals surface area contributed by atoms with E-state index < -0.39 is 5.97 Å². The Kier molecular flexibility index (Phi) is 14.0. The molecule has 6 nitrogen and oxygen atoms in total. The molecule has 0 saturated carbocycles. The Hall–Kier alpha value is -2.57. The molecule has 36 heavy (non-hydrogen) atoms. The lowest BCUT2D eigenvalue weighted by Gasteiger charge is -2.12. The summed E-state index contributed by atoms with van der Waals surface area (Å²) in [6.45, 7) is 4.43. The molecule has 0 fully saturated rings. The number of halogens is 2. The molecule has 1 amide bonds. The standard InChI is InChI=1S/C28H36Cl2N2O4/c1-3-5-6-7-8-9-10-11-12-13-27(33)32-31-20-21-14-17-25(26(18-21)35-4-2)36-28(34)23-16-15-22(29)19-24(23)30/h14-20H,3-13H2,1-2H3,(H,32,33)/b31-20-. The highest BCUT2D eigenvalue weighted by atomic mass is 35.5. The van der Waals surface area contributed by atoms with Crippen LogP contribution in [0.3, 0.4) is 0 Å². The molecule has 0 heterocycles. The van der Waals surface area contributed by atoms with Gasteiger partial charge >= 0.3 is 5.97 Å². The number of hydrazone groups is 1. The Morgan fingerprint density at radius 3 is 2.25 bits per heavy atom. The fourth-order valence-corrected chi connectivity index (χ4v) is 4.08. The van der Waals surface area contributed by atoms with Crippen LogP contribution in [0, 0.1) is 0 Å². The topological polar surface area (TPSA) is 77.0 Å². The summed E-state index contributed by atoms with van der Waals surface area (Å²) in [5.74, 6) is -0.104. The Balaban J connectivity index is 1.81. The molecular formula is C28H36Cl2N2O4. The van der Waals surface area contributed by atoms with Gasteiger partial charge in [0.1, 0.15) is 0 Å². The van der Waals surface area contributed by atoms with Crippen LogP contribution in [0.2, 0.25) is 10.0 Å². The van der Waals surface area contributed by atoms with E-state index in [2.05, 4.69) is 17.5 Å².